The lowest BCUT2D eigenvalue weighted by Crippen LogP contribution is -2.40. The van der Waals surface area contributed by atoms with Crippen molar-refractivity contribution in [3.05, 3.63) is 0 Å². The van der Waals surface area contributed by atoms with Crippen LogP contribution in [0.5, 0.6) is 0 Å². The lowest BCUT2D eigenvalue weighted by molar-refractivity contribution is 0.0244. The maximum atomic E-state index is 12.1. The molecule has 5 heteroatoms. The van der Waals surface area contributed by atoms with Gasteiger partial charge in [0.15, 0.2) is 0 Å². The van der Waals surface area contributed by atoms with Gasteiger partial charge in [-0.3, -0.25) is 0 Å². The molecule has 11 heavy (non-hydrogen) atoms. The van der Waals surface area contributed by atoms with E-state index in [1.54, 1.807) is 0 Å². The first-order valence-corrected chi connectivity index (χ1v) is 3.16. The summed E-state index contributed by atoms with van der Waals surface area (Å²) in [5, 5.41) is 2.06. The first kappa shape index (κ1) is 10.1. The Morgan fingerprint density at radius 3 is 2.27 bits per heavy atom. The minimum absolute atomic E-state index is 0.508. The molecule has 0 saturated heterocycles. The number of rotatable bonds is 2. The number of carbonyl (C=O) groups excluding carboxylic acids is 1. The molecule has 2 amide bonds. The van der Waals surface area contributed by atoms with E-state index in [1.165, 1.54) is 19.0 Å². The molecule has 1 N–H and O–H groups in total. The van der Waals surface area contributed by atoms with Crippen molar-refractivity contribution in [2.24, 2.45) is 0 Å². The number of alkyl halides is 2. The van der Waals surface area contributed by atoms with Crippen LogP contribution in [0.3, 0.4) is 0 Å². The van der Waals surface area contributed by atoms with Gasteiger partial charge in [0.2, 0.25) is 0 Å². The van der Waals surface area contributed by atoms with Gasteiger partial charge in [0.1, 0.15) is 0 Å². The van der Waals surface area contributed by atoms with Crippen LogP contribution >= 0.6 is 0 Å². The van der Waals surface area contributed by atoms with Crippen molar-refractivity contribution in [2.45, 2.75) is 12.8 Å². The highest BCUT2D eigenvalue weighted by atomic mass is 19.3. The van der Waals surface area contributed by atoms with Crippen LogP contribution in [0.25, 0.3) is 0 Å². The Bertz CT molecular complexity index is 142. The number of nitrogens with zero attached hydrogens (tertiary/aromatic N) is 1. The summed E-state index contributed by atoms with van der Waals surface area (Å²) in [4.78, 5) is 11.9. The number of urea groups is 1. The Hall–Kier alpha value is -0.870. The van der Waals surface area contributed by atoms with Gasteiger partial charge in [0, 0.05) is 21.0 Å². The van der Waals surface area contributed by atoms with Crippen LogP contribution in [0.1, 0.15) is 6.92 Å². The van der Waals surface area contributed by atoms with Gasteiger partial charge in [-0.2, -0.15) is 0 Å². The normalized spacial score (nSPS) is 11.0. The zero-order valence-corrected chi connectivity index (χ0v) is 6.82. The number of halogens is 2. The molecule has 0 aliphatic carbocycles. The highest BCUT2D eigenvalue weighted by Crippen LogP contribution is 2.08. The van der Waals surface area contributed by atoms with E-state index in [2.05, 4.69) is 5.32 Å². The Kier molecular flexibility index (Phi) is 3.22. The average molecular weight is 166 g/mol. The maximum Gasteiger partial charge on any atom is 0.317 e. The fraction of sp³-hybridized carbons (Fsp3) is 0.833. The molecule has 0 aromatic rings. The molecule has 0 rings (SSSR count). The van der Waals surface area contributed by atoms with Crippen molar-refractivity contribution in [3.63, 3.8) is 0 Å². The Morgan fingerprint density at radius 2 is 2.00 bits per heavy atom. The molecule has 0 aliphatic rings. The van der Waals surface area contributed by atoms with Crippen LogP contribution in [0.2, 0.25) is 0 Å². The van der Waals surface area contributed by atoms with Crippen LogP contribution in [-0.4, -0.2) is 37.5 Å². The summed E-state index contributed by atoms with van der Waals surface area (Å²) in [5.74, 6) is -2.84. The molecule has 0 atom stereocenters. The number of hydrogen-bond donors (Lipinski definition) is 1. The third-order valence-electron chi connectivity index (χ3n) is 0.956. The van der Waals surface area contributed by atoms with E-state index in [1.807, 2.05) is 0 Å². The Morgan fingerprint density at radius 1 is 1.55 bits per heavy atom. The van der Waals surface area contributed by atoms with Gasteiger partial charge in [-0.05, 0) is 0 Å². The van der Waals surface area contributed by atoms with Gasteiger partial charge in [0.25, 0.3) is 5.92 Å². The molecule has 0 bridgehead atoms. The van der Waals surface area contributed by atoms with E-state index in [0.29, 0.717) is 0 Å². The zero-order chi connectivity index (χ0) is 9.07. The van der Waals surface area contributed by atoms with E-state index in [0.717, 1.165) is 6.92 Å². The highest BCUT2D eigenvalue weighted by Gasteiger charge is 2.21. The third kappa shape index (κ3) is 5.57. The highest BCUT2D eigenvalue weighted by molar-refractivity contribution is 5.73. The predicted molar refractivity (Wildman–Crippen MR) is 37.7 cm³/mol. The van der Waals surface area contributed by atoms with Gasteiger partial charge >= 0.3 is 6.03 Å². The summed E-state index contributed by atoms with van der Waals surface area (Å²) < 4.78 is 24.2. The first-order chi connectivity index (χ1) is 4.83. The summed E-state index contributed by atoms with van der Waals surface area (Å²) in [5.41, 5.74) is 0. The SMILES string of the molecule is CN(C)C(=O)NCC(C)(F)F. The van der Waals surface area contributed by atoms with Gasteiger partial charge in [-0.1, -0.05) is 0 Å². The largest absolute Gasteiger partial charge is 0.332 e. The fourth-order valence-electron chi connectivity index (χ4n) is 0.389. The summed E-state index contributed by atoms with van der Waals surface area (Å²) in [6.07, 6.45) is 0. The molecule has 0 saturated carbocycles. The predicted octanol–water partition coefficient (Wildman–Crippen LogP) is 0.913. The van der Waals surface area contributed by atoms with Crippen molar-refractivity contribution in [3.8, 4) is 0 Å². The maximum absolute atomic E-state index is 12.1. The first-order valence-electron chi connectivity index (χ1n) is 3.16. The summed E-state index contributed by atoms with van der Waals surface area (Å²) in [6.45, 7) is 0.132. The zero-order valence-electron chi connectivity index (χ0n) is 6.82. The van der Waals surface area contributed by atoms with Gasteiger partial charge in [-0.15, -0.1) is 0 Å². The Balaban J connectivity index is 3.64. The van der Waals surface area contributed by atoms with E-state index < -0.39 is 18.5 Å². The molecule has 3 nitrogen and oxygen atoms in total. The molecule has 66 valence electrons. The number of amides is 2. The quantitative estimate of drug-likeness (QED) is 0.649. The molecule has 0 aromatic heterocycles. The van der Waals surface area contributed by atoms with Crippen molar-refractivity contribution < 1.29 is 13.6 Å². The number of hydrogen-bond acceptors (Lipinski definition) is 1. The summed E-state index contributed by atoms with van der Waals surface area (Å²) in [7, 11) is 2.98. The van der Waals surface area contributed by atoms with E-state index >= 15 is 0 Å². The molecule has 0 aliphatic heterocycles. The summed E-state index contributed by atoms with van der Waals surface area (Å²) >= 11 is 0. The van der Waals surface area contributed by atoms with Crippen LogP contribution in [0.4, 0.5) is 13.6 Å². The van der Waals surface area contributed by atoms with Crippen LogP contribution in [-0.2, 0) is 0 Å². The smallest absolute Gasteiger partial charge is 0.317 e. The van der Waals surface area contributed by atoms with E-state index in [9.17, 15) is 13.6 Å². The summed E-state index contributed by atoms with van der Waals surface area (Å²) in [6, 6.07) is -0.508. The van der Waals surface area contributed by atoms with Crippen molar-refractivity contribution in [2.75, 3.05) is 20.6 Å². The average Bonchev–Trinajstić information content (AvgIpc) is 1.80. The van der Waals surface area contributed by atoms with E-state index in [-0.39, 0.29) is 0 Å². The lowest BCUT2D eigenvalue weighted by atomic mass is 10.4. The van der Waals surface area contributed by atoms with Crippen LogP contribution in [0, 0.1) is 0 Å². The number of carbonyl (C=O) groups is 1. The lowest BCUT2D eigenvalue weighted by Gasteiger charge is -2.15. The minimum atomic E-state index is -2.84. The molecule has 0 radical (unpaired) electrons. The van der Waals surface area contributed by atoms with Gasteiger partial charge in [0.05, 0.1) is 6.54 Å². The van der Waals surface area contributed by atoms with Gasteiger partial charge < -0.3 is 10.2 Å². The van der Waals surface area contributed by atoms with Crippen molar-refractivity contribution in [1.29, 1.82) is 0 Å². The monoisotopic (exact) mass is 166 g/mol. The molecule has 0 aromatic carbocycles. The second kappa shape index (κ2) is 3.50. The second-order valence-corrected chi connectivity index (χ2v) is 2.62. The second-order valence-electron chi connectivity index (χ2n) is 2.62. The molecular weight excluding hydrogens is 154 g/mol. The van der Waals surface area contributed by atoms with Gasteiger partial charge in [-0.25, -0.2) is 13.6 Å². The Labute approximate surface area is 64.4 Å². The standard InChI is InChI=1S/C6H12F2N2O/c1-6(7,8)4-9-5(11)10(2)3/h4H2,1-3H3,(H,9,11). The van der Waals surface area contributed by atoms with Crippen LogP contribution < -0.4 is 5.32 Å². The van der Waals surface area contributed by atoms with Crippen molar-refractivity contribution in [1.82, 2.24) is 10.2 Å². The minimum Gasteiger partial charge on any atom is -0.332 e. The fourth-order valence-corrected chi connectivity index (χ4v) is 0.389. The molecule has 0 fully saturated rings. The van der Waals surface area contributed by atoms with Crippen LogP contribution in [0.15, 0.2) is 0 Å². The van der Waals surface area contributed by atoms with E-state index in [4.69, 9.17) is 0 Å². The molecule has 0 unspecified atom stereocenters. The number of nitrogens with one attached hydrogen (secondary N) is 1. The molecule has 0 heterocycles. The third-order valence-corrected chi connectivity index (χ3v) is 0.956. The molecular formula is C6H12F2N2O. The van der Waals surface area contributed by atoms with Crippen molar-refractivity contribution >= 4 is 6.03 Å². The molecule has 0 spiro atoms. The topological polar surface area (TPSA) is 32.3 Å².